The van der Waals surface area contributed by atoms with Gasteiger partial charge in [-0.05, 0) is 35.4 Å². The van der Waals surface area contributed by atoms with Crippen molar-refractivity contribution in [1.29, 1.82) is 0 Å². The molecule has 2 aliphatic heterocycles. The lowest BCUT2D eigenvalue weighted by atomic mass is 10.0. The van der Waals surface area contributed by atoms with Crippen LogP contribution >= 0.6 is 0 Å². The largest absolute Gasteiger partial charge is 1.00 e. The Kier molecular flexibility index (Phi) is 8.45. The minimum atomic E-state index is -1.16. The number of halogens is 1. The molecule has 0 bridgehead atoms. The lowest BCUT2D eigenvalue weighted by Crippen LogP contribution is -3.00. The highest BCUT2D eigenvalue weighted by molar-refractivity contribution is 5.75. The molecule has 10 heteroatoms. The van der Waals surface area contributed by atoms with Gasteiger partial charge in [0.25, 0.3) is 0 Å². The minimum Gasteiger partial charge on any atom is -1.00 e. The third-order valence-electron chi connectivity index (χ3n) is 6.41. The Morgan fingerprint density at radius 1 is 1.06 bits per heavy atom. The van der Waals surface area contributed by atoms with Crippen LogP contribution in [0.1, 0.15) is 42.6 Å². The van der Waals surface area contributed by atoms with E-state index in [9.17, 15) is 14.7 Å². The van der Waals surface area contributed by atoms with Crippen LogP contribution in [-0.4, -0.2) is 58.2 Å². The van der Waals surface area contributed by atoms with Crippen molar-refractivity contribution >= 4 is 17.8 Å². The number of ether oxygens (including phenoxy) is 2. The Balaban J connectivity index is 0.00000342. The van der Waals surface area contributed by atoms with Crippen LogP contribution in [0.5, 0.6) is 11.5 Å². The average molecular weight is 503 g/mol. The lowest BCUT2D eigenvalue weighted by molar-refractivity contribution is -0.549. The third-order valence-corrected chi connectivity index (χ3v) is 6.41. The molecule has 0 radical (unpaired) electrons. The van der Waals surface area contributed by atoms with E-state index in [0.717, 1.165) is 31.4 Å². The van der Waals surface area contributed by atoms with E-state index in [2.05, 4.69) is 0 Å². The predicted octanol–water partition coefficient (Wildman–Crippen LogP) is -1.37. The highest BCUT2D eigenvalue weighted by Gasteiger charge is 2.25. The van der Waals surface area contributed by atoms with Crippen LogP contribution in [0.4, 0.5) is 0 Å². The van der Waals surface area contributed by atoms with Crippen molar-refractivity contribution in [1.82, 2.24) is 4.90 Å². The molecule has 2 aromatic carbocycles. The molecule has 2 aromatic rings. The second-order valence-corrected chi connectivity index (χ2v) is 8.76. The molecule has 5 N–H and O–H groups in total. The van der Waals surface area contributed by atoms with Crippen molar-refractivity contribution in [3.05, 3.63) is 59.2 Å². The van der Waals surface area contributed by atoms with E-state index in [0.29, 0.717) is 36.7 Å². The van der Waals surface area contributed by atoms with E-state index in [1.165, 1.54) is 5.56 Å². The zero-order valence-corrected chi connectivity index (χ0v) is 20.4. The molecule has 35 heavy (non-hydrogen) atoms. The molecule has 9 nitrogen and oxygen atoms in total. The second kappa shape index (κ2) is 11.3. The first-order chi connectivity index (χ1) is 16.3. The topological polar surface area (TPSA) is 131 Å². The van der Waals surface area contributed by atoms with Crippen LogP contribution in [0.25, 0.3) is 0 Å². The number of aliphatic carboxylic acids is 1. The fraction of sp³-hybridized carbons (Fsp3) is 0.400. The van der Waals surface area contributed by atoms with Gasteiger partial charge in [0.05, 0.1) is 13.1 Å². The van der Waals surface area contributed by atoms with E-state index >= 15 is 0 Å². The molecule has 0 saturated carbocycles. The standard InChI is InChI=1S/C25H30N4O5.ClH/c1-16(30)28-12-9-21(10-13-28)33-20-5-3-18(4-6-20)23(24(31)32)34-22-7-2-17-8-11-29(25(26)27)15-19(17)14-22;/h2-7,14,21,23H,8-13,15H2,1H3,(H4,26,27,31,32);1H. The van der Waals surface area contributed by atoms with E-state index in [4.69, 9.17) is 20.9 Å². The van der Waals surface area contributed by atoms with Gasteiger partial charge in [-0.1, -0.05) is 18.2 Å². The summed E-state index contributed by atoms with van der Waals surface area (Å²) >= 11 is 0. The number of rotatable bonds is 6. The van der Waals surface area contributed by atoms with Crippen molar-refractivity contribution in [2.24, 2.45) is 11.5 Å². The summed E-state index contributed by atoms with van der Waals surface area (Å²) in [6.07, 6.45) is 1.22. The molecule has 0 aromatic heterocycles. The van der Waals surface area contributed by atoms with Gasteiger partial charge < -0.3 is 31.9 Å². The monoisotopic (exact) mass is 502 g/mol. The molecule has 1 amide bonds. The number of carbonyl (C=O) groups is 2. The first-order valence-electron chi connectivity index (χ1n) is 11.5. The van der Waals surface area contributed by atoms with Gasteiger partial charge in [0, 0.05) is 44.8 Å². The van der Waals surface area contributed by atoms with Crippen LogP contribution in [0.15, 0.2) is 42.5 Å². The lowest BCUT2D eigenvalue weighted by Gasteiger charge is -2.31. The van der Waals surface area contributed by atoms with E-state index in [1.54, 1.807) is 37.3 Å². The van der Waals surface area contributed by atoms with Gasteiger partial charge in [-0.2, -0.15) is 0 Å². The number of nitrogens with two attached hydrogens (primary N) is 2. The molecule has 1 unspecified atom stereocenters. The number of amides is 1. The zero-order chi connectivity index (χ0) is 24.2. The van der Waals surface area contributed by atoms with Gasteiger partial charge in [0.1, 0.15) is 17.6 Å². The number of guanidine groups is 1. The number of nitrogens with zero attached hydrogens (tertiary/aromatic N) is 2. The van der Waals surface area contributed by atoms with Gasteiger partial charge in [-0.25, -0.2) is 4.79 Å². The van der Waals surface area contributed by atoms with Crippen LogP contribution in [0.2, 0.25) is 0 Å². The molecule has 0 spiro atoms. The maximum atomic E-state index is 12.0. The summed E-state index contributed by atoms with van der Waals surface area (Å²) in [5.41, 5.74) is 14.2. The normalized spacial score (nSPS) is 16.5. The summed E-state index contributed by atoms with van der Waals surface area (Å²) < 4.78 is 13.8. The number of piperidine rings is 1. The molecule has 1 atom stereocenters. The van der Waals surface area contributed by atoms with Gasteiger partial charge in [-0.15, -0.1) is 0 Å². The Bertz CT molecular complexity index is 1090. The van der Waals surface area contributed by atoms with Crippen molar-refractivity contribution in [2.75, 3.05) is 19.6 Å². The minimum absolute atomic E-state index is 0. The molecule has 1 fully saturated rings. The fourth-order valence-electron chi connectivity index (χ4n) is 4.43. The molecule has 2 heterocycles. The van der Waals surface area contributed by atoms with Gasteiger partial charge in [0.15, 0.2) is 0 Å². The second-order valence-electron chi connectivity index (χ2n) is 8.76. The highest BCUT2D eigenvalue weighted by Crippen LogP contribution is 2.28. The molecule has 2 aliphatic rings. The van der Waals surface area contributed by atoms with Gasteiger partial charge >= 0.3 is 11.9 Å². The van der Waals surface area contributed by atoms with E-state index < -0.39 is 12.1 Å². The maximum Gasteiger partial charge on any atom is 0.349 e. The molecular formula is C25H31ClN4O5. The number of carboxylic acids is 1. The highest BCUT2D eigenvalue weighted by atomic mass is 35.5. The van der Waals surface area contributed by atoms with Crippen molar-refractivity contribution in [3.63, 3.8) is 0 Å². The summed E-state index contributed by atoms with van der Waals surface area (Å²) in [5.74, 6) is 0.414. The molecule has 1 saturated heterocycles. The van der Waals surface area contributed by atoms with Crippen molar-refractivity contribution in [2.45, 2.75) is 44.9 Å². The van der Waals surface area contributed by atoms with E-state index in [1.807, 2.05) is 21.6 Å². The van der Waals surface area contributed by atoms with Crippen molar-refractivity contribution in [3.8, 4) is 11.5 Å². The number of likely N-dealkylation sites (tertiary alicyclic amines) is 1. The number of carbonyl (C=O) groups excluding carboxylic acids is 1. The molecular weight excluding hydrogens is 472 g/mol. The Labute approximate surface area is 210 Å². The number of fused-ring (bicyclic) bond motifs is 1. The summed E-state index contributed by atoms with van der Waals surface area (Å²) in [6, 6.07) is 12.6. The number of benzene rings is 2. The summed E-state index contributed by atoms with van der Waals surface area (Å²) in [4.78, 5) is 25.3. The maximum absolute atomic E-state index is 12.0. The molecule has 0 aliphatic carbocycles. The quantitative estimate of drug-likeness (QED) is 0.328. The average Bonchev–Trinajstić information content (AvgIpc) is 2.83. The Morgan fingerprint density at radius 3 is 2.31 bits per heavy atom. The predicted molar refractivity (Wildman–Crippen MR) is 126 cm³/mol. The Morgan fingerprint density at radius 2 is 1.71 bits per heavy atom. The smallest absolute Gasteiger partial charge is 0.349 e. The summed E-state index contributed by atoms with van der Waals surface area (Å²) in [5, 5.41) is 9.81. The van der Waals surface area contributed by atoms with E-state index in [-0.39, 0.29) is 30.4 Å². The first-order valence-corrected chi connectivity index (χ1v) is 11.5. The van der Waals surface area contributed by atoms with Crippen molar-refractivity contribution < 1.29 is 41.2 Å². The van der Waals surface area contributed by atoms with Crippen LogP contribution in [0, 0.1) is 0 Å². The van der Waals surface area contributed by atoms with Gasteiger partial charge in [-0.3, -0.25) is 20.8 Å². The molecule has 188 valence electrons. The third kappa shape index (κ3) is 6.36. The first kappa shape index (κ1) is 26.2. The van der Waals surface area contributed by atoms with Crippen LogP contribution in [-0.2, 0) is 22.6 Å². The SMILES string of the molecule is CC(=O)N1CCC(Oc2ccc(C(Oc3ccc4c(c3)C[N+](=C(N)N)CC4)C(=O)O)cc2)CC1.[Cl-]. The number of hydrogen-bond acceptors (Lipinski definition) is 4. The van der Waals surface area contributed by atoms with Gasteiger partial charge in [0.2, 0.25) is 12.0 Å². The zero-order valence-electron chi connectivity index (χ0n) is 19.7. The van der Waals surface area contributed by atoms with Crippen LogP contribution < -0.4 is 33.3 Å². The number of hydrogen-bond donors (Lipinski definition) is 3. The Hall–Kier alpha value is -3.46. The fourth-order valence-corrected chi connectivity index (χ4v) is 4.43. The summed E-state index contributed by atoms with van der Waals surface area (Å²) in [6.45, 7) is 4.25. The number of carboxylic acid groups (broad SMARTS) is 1. The van der Waals surface area contributed by atoms with Crippen LogP contribution in [0.3, 0.4) is 0 Å². The summed E-state index contributed by atoms with van der Waals surface area (Å²) in [7, 11) is 0. The molecule has 4 rings (SSSR count).